The van der Waals surface area contributed by atoms with Crippen molar-refractivity contribution in [3.05, 3.63) is 115 Å². The summed E-state index contributed by atoms with van der Waals surface area (Å²) in [4.78, 5) is 45.5. The van der Waals surface area contributed by atoms with Crippen molar-refractivity contribution < 1.29 is 18.7 Å². The summed E-state index contributed by atoms with van der Waals surface area (Å²) < 4.78 is 21.5. The maximum Gasteiger partial charge on any atom is 0.263 e. The Balaban J connectivity index is 1.53. The van der Waals surface area contributed by atoms with Crippen molar-refractivity contribution >= 4 is 41.0 Å². The first kappa shape index (κ1) is 29.1. The van der Waals surface area contributed by atoms with Crippen LogP contribution in [-0.4, -0.2) is 47.0 Å². The van der Waals surface area contributed by atoms with Gasteiger partial charge in [-0.1, -0.05) is 35.3 Å². The Morgan fingerprint density at radius 3 is 2.48 bits per heavy atom. The fourth-order valence-corrected chi connectivity index (χ4v) is 5.02. The second-order valence-electron chi connectivity index (χ2n) is 9.55. The number of ether oxygens (including phenoxy) is 1. The number of hydrogen-bond acceptors (Lipinski definition) is 6. The van der Waals surface area contributed by atoms with Gasteiger partial charge < -0.3 is 20.3 Å². The summed E-state index contributed by atoms with van der Waals surface area (Å²) in [5.41, 5.74) is 1.74. The van der Waals surface area contributed by atoms with E-state index >= 15 is 0 Å². The fraction of sp³-hybridized carbons (Fsp3) is 0.200. The van der Waals surface area contributed by atoms with Crippen LogP contribution in [0.4, 0.5) is 10.3 Å². The lowest BCUT2D eigenvalue weighted by atomic mass is 10.0. The Morgan fingerprint density at radius 2 is 1.81 bits per heavy atom. The van der Waals surface area contributed by atoms with E-state index in [2.05, 4.69) is 10.6 Å². The highest BCUT2D eigenvalue weighted by Crippen LogP contribution is 2.26. The molecular formula is C30H26Cl2FN5O4. The van der Waals surface area contributed by atoms with Crippen LogP contribution < -0.4 is 20.9 Å². The highest BCUT2D eigenvalue weighted by molar-refractivity contribution is 6.42. The molecule has 1 aromatic heterocycles. The molecule has 0 spiro atoms. The molecule has 0 saturated heterocycles. The lowest BCUT2D eigenvalue weighted by Gasteiger charge is -2.29. The molecule has 3 aromatic carbocycles. The van der Waals surface area contributed by atoms with Gasteiger partial charge in [0.2, 0.25) is 5.95 Å². The van der Waals surface area contributed by atoms with E-state index in [1.54, 1.807) is 24.1 Å². The van der Waals surface area contributed by atoms with Crippen LogP contribution in [0.3, 0.4) is 0 Å². The van der Waals surface area contributed by atoms with Crippen LogP contribution in [0.15, 0.2) is 65.5 Å². The van der Waals surface area contributed by atoms with Gasteiger partial charge in [-0.05, 0) is 60.5 Å². The molecule has 9 nitrogen and oxygen atoms in total. The minimum atomic E-state index is -0.782. The molecule has 1 aliphatic rings. The molecule has 5 rings (SSSR count). The lowest BCUT2D eigenvalue weighted by molar-refractivity contribution is 0.0731. The zero-order chi connectivity index (χ0) is 30.0. The van der Waals surface area contributed by atoms with Gasteiger partial charge in [0.15, 0.2) is 0 Å². The third-order valence-electron chi connectivity index (χ3n) is 6.98. The van der Waals surface area contributed by atoms with Crippen LogP contribution in [0.25, 0.3) is 5.69 Å². The predicted octanol–water partition coefficient (Wildman–Crippen LogP) is 4.86. The molecule has 2 N–H and O–H groups in total. The van der Waals surface area contributed by atoms with Crippen LogP contribution in [0.5, 0.6) is 5.75 Å². The van der Waals surface area contributed by atoms with Gasteiger partial charge in [-0.3, -0.25) is 14.4 Å². The summed E-state index contributed by atoms with van der Waals surface area (Å²) in [5.74, 6) is -0.785. The lowest BCUT2D eigenvalue weighted by Crippen LogP contribution is -2.40. The molecule has 2 amide bonds. The smallest absolute Gasteiger partial charge is 0.263 e. The van der Waals surface area contributed by atoms with E-state index in [0.717, 1.165) is 11.6 Å². The van der Waals surface area contributed by atoms with Gasteiger partial charge in [-0.25, -0.2) is 13.9 Å². The highest BCUT2D eigenvalue weighted by atomic mass is 35.5. The molecule has 2 heterocycles. The molecule has 216 valence electrons. The SMILES string of the molecule is CNC(=O)c1ccc(-n2c(NCc3ccc(OC)cc3)nc3c(c2=O)CCN(C(=O)c2ccc(Cl)c(Cl)c2)C3)cc1F. The van der Waals surface area contributed by atoms with E-state index in [1.165, 1.54) is 29.8 Å². The number of rotatable bonds is 7. The average Bonchev–Trinajstić information content (AvgIpc) is 3.00. The maximum absolute atomic E-state index is 15.0. The molecule has 42 heavy (non-hydrogen) atoms. The van der Waals surface area contributed by atoms with Gasteiger partial charge in [0.1, 0.15) is 11.6 Å². The van der Waals surface area contributed by atoms with E-state index in [4.69, 9.17) is 32.9 Å². The Bertz CT molecular complexity index is 1740. The number of nitrogens with zero attached hydrogens (tertiary/aromatic N) is 3. The quantitative estimate of drug-likeness (QED) is 0.310. The van der Waals surface area contributed by atoms with E-state index < -0.39 is 17.3 Å². The van der Waals surface area contributed by atoms with Crippen LogP contribution in [0, 0.1) is 5.82 Å². The molecule has 12 heteroatoms. The molecule has 0 saturated carbocycles. The first-order chi connectivity index (χ1) is 20.2. The molecule has 0 aliphatic carbocycles. The summed E-state index contributed by atoms with van der Waals surface area (Å²) in [7, 11) is 2.98. The third-order valence-corrected chi connectivity index (χ3v) is 7.72. The third kappa shape index (κ3) is 5.81. The predicted molar refractivity (Wildman–Crippen MR) is 158 cm³/mol. The van der Waals surface area contributed by atoms with Crippen molar-refractivity contribution in [2.45, 2.75) is 19.5 Å². The van der Waals surface area contributed by atoms with Crippen molar-refractivity contribution in [3.8, 4) is 11.4 Å². The zero-order valence-corrected chi connectivity index (χ0v) is 24.2. The summed E-state index contributed by atoms with van der Waals surface area (Å²) in [5, 5.41) is 6.19. The van der Waals surface area contributed by atoms with E-state index in [1.807, 2.05) is 24.3 Å². The summed E-state index contributed by atoms with van der Waals surface area (Å²) in [6.45, 7) is 0.650. The van der Waals surface area contributed by atoms with Crippen LogP contribution in [0.2, 0.25) is 10.0 Å². The standard InChI is InChI=1S/C30H26Cl2FN5O4/c1-34-27(39)21-9-6-19(14-25(21)33)38-29(41)22-11-12-37(28(40)18-5-10-23(31)24(32)13-18)16-26(22)36-30(38)35-15-17-3-7-20(42-2)8-4-17/h3-10,13-14H,11-12,15-16H2,1-2H3,(H,34,39)(H,35,36). The number of aromatic nitrogens is 2. The van der Waals surface area contributed by atoms with Crippen molar-refractivity contribution in [1.82, 2.24) is 19.8 Å². The number of nitrogens with one attached hydrogen (secondary N) is 2. The number of halogens is 3. The second-order valence-corrected chi connectivity index (χ2v) is 10.4. The average molecular weight is 610 g/mol. The first-order valence-electron chi connectivity index (χ1n) is 13.0. The van der Waals surface area contributed by atoms with Gasteiger partial charge in [-0.15, -0.1) is 0 Å². The van der Waals surface area contributed by atoms with E-state index in [-0.39, 0.29) is 47.6 Å². The van der Waals surface area contributed by atoms with Gasteiger partial charge in [0.05, 0.1) is 40.6 Å². The number of hydrogen-bond donors (Lipinski definition) is 2. The number of methoxy groups -OCH3 is 1. The second kappa shape index (κ2) is 12.2. The molecule has 0 atom stereocenters. The van der Waals surface area contributed by atoms with Crippen molar-refractivity contribution in [1.29, 1.82) is 0 Å². The van der Waals surface area contributed by atoms with Crippen LogP contribution in [0.1, 0.15) is 37.5 Å². The Hall–Kier alpha value is -4.41. The number of amides is 2. The minimum Gasteiger partial charge on any atom is -0.497 e. The van der Waals surface area contributed by atoms with Gasteiger partial charge >= 0.3 is 0 Å². The Kier molecular flexibility index (Phi) is 8.46. The van der Waals surface area contributed by atoms with Gasteiger partial charge in [0, 0.05) is 31.3 Å². The molecule has 0 unspecified atom stereocenters. The first-order valence-corrected chi connectivity index (χ1v) is 13.7. The summed E-state index contributed by atoms with van der Waals surface area (Å²) in [6.07, 6.45) is 0.242. The van der Waals surface area contributed by atoms with Gasteiger partial charge in [0.25, 0.3) is 17.4 Å². The van der Waals surface area contributed by atoms with Crippen molar-refractivity contribution in [3.63, 3.8) is 0 Å². The van der Waals surface area contributed by atoms with Crippen molar-refractivity contribution in [2.75, 3.05) is 26.0 Å². The fourth-order valence-electron chi connectivity index (χ4n) is 4.72. The van der Waals surface area contributed by atoms with Crippen LogP contribution >= 0.6 is 23.2 Å². The minimum absolute atomic E-state index is 0.0890. The van der Waals surface area contributed by atoms with Gasteiger partial charge in [-0.2, -0.15) is 0 Å². The number of fused-ring (bicyclic) bond motifs is 1. The van der Waals surface area contributed by atoms with Crippen molar-refractivity contribution in [2.24, 2.45) is 0 Å². The normalized spacial score (nSPS) is 12.5. The summed E-state index contributed by atoms with van der Waals surface area (Å²) >= 11 is 12.1. The molecule has 4 aromatic rings. The number of anilines is 1. The summed E-state index contributed by atoms with van der Waals surface area (Å²) in [6, 6.07) is 15.9. The number of carbonyl (C=O) groups is 2. The number of carbonyl (C=O) groups excluding carboxylic acids is 2. The van der Waals surface area contributed by atoms with E-state index in [0.29, 0.717) is 34.1 Å². The largest absolute Gasteiger partial charge is 0.497 e. The molecule has 1 aliphatic heterocycles. The highest BCUT2D eigenvalue weighted by Gasteiger charge is 2.28. The maximum atomic E-state index is 15.0. The molecule has 0 bridgehead atoms. The zero-order valence-electron chi connectivity index (χ0n) is 22.7. The molecule has 0 radical (unpaired) electrons. The topological polar surface area (TPSA) is 106 Å². The molecular weight excluding hydrogens is 584 g/mol. The monoisotopic (exact) mass is 609 g/mol. The Labute approximate surface area is 250 Å². The molecule has 0 fully saturated rings. The van der Waals surface area contributed by atoms with E-state index in [9.17, 15) is 18.8 Å². The Morgan fingerprint density at radius 1 is 1.05 bits per heavy atom. The number of benzene rings is 3. The van der Waals surface area contributed by atoms with Crippen LogP contribution in [-0.2, 0) is 19.5 Å².